The van der Waals surface area contributed by atoms with Crippen molar-refractivity contribution in [1.82, 2.24) is 10.2 Å². The molecule has 1 aromatic heterocycles. The zero-order valence-electron chi connectivity index (χ0n) is 11.5. The fraction of sp³-hybridized carbons (Fsp3) is 0.0769. The maximum absolute atomic E-state index is 12.3. The fourth-order valence-electron chi connectivity index (χ4n) is 1.89. The van der Waals surface area contributed by atoms with Gasteiger partial charge in [0.2, 0.25) is 0 Å². The van der Waals surface area contributed by atoms with Gasteiger partial charge in [0.1, 0.15) is 15.8 Å². The van der Waals surface area contributed by atoms with Crippen LogP contribution in [0.4, 0.5) is 13.2 Å². The van der Waals surface area contributed by atoms with Gasteiger partial charge in [0.05, 0.1) is 26.3 Å². The van der Waals surface area contributed by atoms with Crippen LogP contribution < -0.4 is 4.74 Å². The largest absolute Gasteiger partial charge is 0.573 e. The Morgan fingerprint density at radius 2 is 1.80 bits per heavy atom. The number of rotatable bonds is 3. The lowest BCUT2D eigenvalue weighted by atomic mass is 10.1. The van der Waals surface area contributed by atoms with Crippen LogP contribution in [0.25, 0.3) is 16.3 Å². The van der Waals surface area contributed by atoms with Crippen LogP contribution in [-0.4, -0.2) is 16.6 Å². The normalized spacial score (nSPS) is 12.6. The summed E-state index contributed by atoms with van der Waals surface area (Å²) < 4.78 is 40.8. The predicted octanol–water partition coefficient (Wildman–Crippen LogP) is 6.65. The highest BCUT2D eigenvalue weighted by molar-refractivity contribution is 9.12. The Morgan fingerprint density at radius 3 is 2.24 bits per heavy atom. The molecular weight excluding hydrogens is 493 g/mol. The van der Waals surface area contributed by atoms with Crippen LogP contribution in [0.5, 0.6) is 5.75 Å². The van der Waals surface area contributed by atoms with E-state index in [4.69, 9.17) is 51.7 Å². The number of hydrogen-bond acceptors (Lipinski definition) is 3. The molecule has 1 aromatic carbocycles. The lowest BCUT2D eigenvalue weighted by Crippen LogP contribution is -2.17. The Morgan fingerprint density at radius 1 is 1.24 bits per heavy atom. The van der Waals surface area contributed by atoms with Crippen molar-refractivity contribution in [3.63, 3.8) is 0 Å². The summed E-state index contributed by atoms with van der Waals surface area (Å²) in [6.07, 6.45) is -4.91. The number of benzene rings is 1. The fourth-order valence-corrected chi connectivity index (χ4v) is 3.03. The molecule has 12 heteroatoms. The van der Waals surface area contributed by atoms with Crippen LogP contribution >= 0.6 is 62.3 Å². The number of H-pyrrole nitrogens is 1. The van der Waals surface area contributed by atoms with Crippen molar-refractivity contribution in [2.24, 2.45) is 0 Å². The first-order valence-electron chi connectivity index (χ1n) is 6.00. The third-order valence-electron chi connectivity index (χ3n) is 2.76. The molecule has 0 aliphatic rings. The third-order valence-corrected chi connectivity index (χ3v) is 4.64. The molecule has 2 aromatic rings. The standard InChI is InChI=1S/C13H3BrCl4F3N3O/c14-12(18)10(17)9-7(3-22)23-24-11(9)8-5(15)1-4(2-6(8)16)25-13(19,20)21/h1-2H,(H,23,24). The zero-order valence-corrected chi connectivity index (χ0v) is 16.1. The first-order chi connectivity index (χ1) is 11.5. The number of aromatic nitrogens is 2. The summed E-state index contributed by atoms with van der Waals surface area (Å²) in [6, 6.07) is 3.64. The van der Waals surface area contributed by atoms with E-state index in [9.17, 15) is 13.2 Å². The van der Waals surface area contributed by atoms with Gasteiger partial charge in [-0.3, -0.25) is 5.10 Å². The molecule has 0 aliphatic carbocycles. The molecule has 2 rings (SSSR count). The van der Waals surface area contributed by atoms with E-state index in [-0.39, 0.29) is 41.5 Å². The molecule has 0 amide bonds. The van der Waals surface area contributed by atoms with Crippen molar-refractivity contribution in [2.45, 2.75) is 6.36 Å². The molecule has 1 N–H and O–H groups in total. The average Bonchev–Trinajstić information content (AvgIpc) is 2.87. The average molecular weight is 496 g/mol. The first kappa shape index (κ1) is 20.2. The minimum atomic E-state index is -4.91. The summed E-state index contributed by atoms with van der Waals surface area (Å²) in [6.45, 7) is 0. The van der Waals surface area contributed by atoms with Gasteiger partial charge in [0.15, 0.2) is 5.69 Å². The Bertz CT molecular complexity index is 878. The van der Waals surface area contributed by atoms with Crippen molar-refractivity contribution in [3.05, 3.63) is 37.4 Å². The van der Waals surface area contributed by atoms with Gasteiger partial charge in [-0.05, 0) is 28.1 Å². The lowest BCUT2D eigenvalue weighted by molar-refractivity contribution is -0.274. The van der Waals surface area contributed by atoms with Gasteiger partial charge in [-0.15, -0.1) is 13.2 Å². The molecule has 0 bridgehead atoms. The quantitative estimate of drug-likeness (QED) is 0.518. The minimum Gasteiger partial charge on any atom is -0.406 e. The van der Waals surface area contributed by atoms with Crippen LogP contribution in [0.3, 0.4) is 0 Å². The Labute approximate surface area is 167 Å². The molecule has 0 saturated heterocycles. The van der Waals surface area contributed by atoms with Crippen LogP contribution in [0.15, 0.2) is 16.1 Å². The van der Waals surface area contributed by atoms with E-state index >= 15 is 0 Å². The smallest absolute Gasteiger partial charge is 0.406 e. The molecule has 25 heavy (non-hydrogen) atoms. The molecule has 4 nitrogen and oxygen atoms in total. The van der Waals surface area contributed by atoms with E-state index < -0.39 is 12.1 Å². The second kappa shape index (κ2) is 7.64. The number of nitrogens with zero attached hydrogens (tertiary/aromatic N) is 2. The van der Waals surface area contributed by atoms with Crippen molar-refractivity contribution in [1.29, 1.82) is 5.26 Å². The maximum atomic E-state index is 12.3. The van der Waals surface area contributed by atoms with Crippen molar-refractivity contribution >= 4 is 67.4 Å². The molecule has 0 fully saturated rings. The Balaban J connectivity index is 2.67. The van der Waals surface area contributed by atoms with Crippen LogP contribution in [-0.2, 0) is 0 Å². The number of nitriles is 1. The second-order valence-electron chi connectivity index (χ2n) is 4.32. The Hall–Kier alpha value is -1.11. The zero-order chi connectivity index (χ0) is 18.9. The van der Waals surface area contributed by atoms with Gasteiger partial charge in [-0.25, -0.2) is 0 Å². The highest BCUT2D eigenvalue weighted by Gasteiger charge is 2.32. The van der Waals surface area contributed by atoms with E-state index in [1.54, 1.807) is 6.07 Å². The summed E-state index contributed by atoms with van der Waals surface area (Å²) in [7, 11) is 0. The van der Waals surface area contributed by atoms with Gasteiger partial charge in [0.25, 0.3) is 0 Å². The summed E-state index contributed by atoms with van der Waals surface area (Å²) in [5.41, 5.74) is 0.151. The monoisotopic (exact) mass is 493 g/mol. The number of nitrogens with one attached hydrogen (secondary N) is 1. The second-order valence-corrected chi connectivity index (χ2v) is 7.14. The summed E-state index contributed by atoms with van der Waals surface area (Å²) in [5.74, 6) is -0.604. The van der Waals surface area contributed by atoms with Gasteiger partial charge in [-0.2, -0.15) is 10.4 Å². The molecule has 1 heterocycles. The topological polar surface area (TPSA) is 61.7 Å². The van der Waals surface area contributed by atoms with E-state index in [0.717, 1.165) is 12.1 Å². The van der Waals surface area contributed by atoms with E-state index in [1.807, 2.05) is 0 Å². The van der Waals surface area contributed by atoms with E-state index in [1.165, 1.54) is 0 Å². The third kappa shape index (κ3) is 4.54. The highest BCUT2D eigenvalue weighted by atomic mass is 79.9. The summed E-state index contributed by atoms with van der Waals surface area (Å²) >= 11 is 26.9. The highest BCUT2D eigenvalue weighted by Crippen LogP contribution is 2.43. The first-order valence-corrected chi connectivity index (χ1v) is 8.30. The predicted molar refractivity (Wildman–Crippen MR) is 93.0 cm³/mol. The molecule has 0 radical (unpaired) electrons. The molecular formula is C13H3BrCl4F3N3O. The molecule has 0 unspecified atom stereocenters. The molecule has 0 spiro atoms. The Kier molecular flexibility index (Phi) is 6.17. The molecule has 0 aliphatic heterocycles. The SMILES string of the molecule is N#Cc1n[nH]c(-c2c(Cl)cc(OC(F)(F)F)cc2Cl)c1C(Cl)=C(Cl)Br. The summed E-state index contributed by atoms with van der Waals surface area (Å²) in [4.78, 5) is 0. The number of halogens is 8. The maximum Gasteiger partial charge on any atom is 0.573 e. The van der Waals surface area contributed by atoms with Crippen molar-refractivity contribution < 1.29 is 17.9 Å². The lowest BCUT2D eigenvalue weighted by Gasteiger charge is -2.13. The van der Waals surface area contributed by atoms with Gasteiger partial charge in [-0.1, -0.05) is 46.4 Å². The summed E-state index contributed by atoms with van der Waals surface area (Å²) in [5, 5.41) is 15.0. The van der Waals surface area contributed by atoms with Gasteiger partial charge in [0, 0.05) is 5.56 Å². The van der Waals surface area contributed by atoms with Gasteiger partial charge >= 0.3 is 6.36 Å². The van der Waals surface area contributed by atoms with E-state index in [0.29, 0.717) is 0 Å². The minimum absolute atomic E-state index is 0.0161. The van der Waals surface area contributed by atoms with Crippen molar-refractivity contribution in [2.75, 3.05) is 0 Å². The number of aromatic amines is 1. The van der Waals surface area contributed by atoms with E-state index in [2.05, 4.69) is 30.9 Å². The van der Waals surface area contributed by atoms with Crippen LogP contribution in [0, 0.1) is 11.3 Å². The number of alkyl halides is 3. The van der Waals surface area contributed by atoms with Crippen LogP contribution in [0.2, 0.25) is 10.0 Å². The van der Waals surface area contributed by atoms with Crippen molar-refractivity contribution in [3.8, 4) is 23.1 Å². The number of hydrogen-bond donors (Lipinski definition) is 1. The number of ether oxygens (including phenoxy) is 1. The van der Waals surface area contributed by atoms with Gasteiger partial charge < -0.3 is 4.74 Å². The molecule has 132 valence electrons. The molecule has 0 atom stereocenters. The molecule has 0 saturated carbocycles. The van der Waals surface area contributed by atoms with Crippen LogP contribution in [0.1, 0.15) is 11.3 Å².